The van der Waals surface area contributed by atoms with Gasteiger partial charge in [0.2, 0.25) is 0 Å². The lowest BCUT2D eigenvalue weighted by atomic mass is 9.88. The minimum Gasteiger partial charge on any atom is -0.468 e. The van der Waals surface area contributed by atoms with E-state index >= 15 is 0 Å². The van der Waals surface area contributed by atoms with Gasteiger partial charge in [-0.1, -0.05) is 12.8 Å². The van der Waals surface area contributed by atoms with E-state index in [9.17, 15) is 4.79 Å². The van der Waals surface area contributed by atoms with E-state index in [1.807, 2.05) is 6.92 Å². The molecule has 0 spiro atoms. The molecular formula is C22H12O2. The number of hydrogen-bond acceptors (Lipinski definition) is 2. The molecule has 24 heavy (non-hydrogen) atoms. The summed E-state index contributed by atoms with van der Waals surface area (Å²) in [7, 11) is 1.33. The van der Waals surface area contributed by atoms with Crippen molar-refractivity contribution in [3.8, 4) is 95.2 Å². The first-order chi connectivity index (χ1) is 11.6. The summed E-state index contributed by atoms with van der Waals surface area (Å²) >= 11 is 0. The van der Waals surface area contributed by atoms with Gasteiger partial charge in [0, 0.05) is 0 Å². The van der Waals surface area contributed by atoms with E-state index in [-0.39, 0.29) is 5.97 Å². The average molecular weight is 308 g/mol. The van der Waals surface area contributed by atoms with E-state index in [0.29, 0.717) is 6.42 Å². The van der Waals surface area contributed by atoms with Crippen LogP contribution in [0, 0.1) is 101 Å². The summed E-state index contributed by atoms with van der Waals surface area (Å²) in [5.74, 6) is 36.7. The monoisotopic (exact) mass is 308 g/mol. The molecule has 2 heteroatoms. The lowest BCUT2D eigenvalue weighted by Gasteiger charge is -2.17. The van der Waals surface area contributed by atoms with Crippen molar-refractivity contribution in [3.05, 3.63) is 0 Å². The van der Waals surface area contributed by atoms with Crippen LogP contribution < -0.4 is 0 Å². The highest BCUT2D eigenvalue weighted by Gasteiger charge is 2.30. The molecule has 0 radical (unpaired) electrons. The van der Waals surface area contributed by atoms with Crippen LogP contribution in [0.4, 0.5) is 0 Å². The van der Waals surface area contributed by atoms with E-state index in [1.165, 1.54) is 7.11 Å². The SMILES string of the molecule is C#CC#CC#CC#CC#CC#CC#CC#CC(C)(CC)C(=O)OC. The second kappa shape index (κ2) is 12.7. The van der Waals surface area contributed by atoms with Gasteiger partial charge in [0.05, 0.1) is 7.11 Å². The second-order valence-corrected chi connectivity index (χ2v) is 4.07. The largest absolute Gasteiger partial charge is 0.468 e. The molecule has 0 amide bonds. The molecule has 0 aliphatic rings. The second-order valence-electron chi connectivity index (χ2n) is 4.07. The molecule has 0 aliphatic carbocycles. The Labute approximate surface area is 144 Å². The maximum Gasteiger partial charge on any atom is 0.323 e. The minimum absolute atomic E-state index is 0.386. The number of rotatable bonds is 2. The van der Waals surface area contributed by atoms with Crippen LogP contribution in [0.2, 0.25) is 0 Å². The van der Waals surface area contributed by atoms with Crippen molar-refractivity contribution in [2.75, 3.05) is 7.11 Å². The Morgan fingerprint density at radius 3 is 1.54 bits per heavy atom. The normalized spacial score (nSPS) is 8.58. The highest BCUT2D eigenvalue weighted by Crippen LogP contribution is 2.21. The van der Waals surface area contributed by atoms with Gasteiger partial charge in [-0.2, -0.15) is 0 Å². The molecule has 0 heterocycles. The Hall–Kier alpha value is -4.05. The van der Waals surface area contributed by atoms with Gasteiger partial charge in [0.25, 0.3) is 0 Å². The number of terminal acetylenes is 1. The van der Waals surface area contributed by atoms with Crippen molar-refractivity contribution in [3.63, 3.8) is 0 Å². The summed E-state index contributed by atoms with van der Waals surface area (Å²) in [6, 6.07) is 0. The van der Waals surface area contributed by atoms with Gasteiger partial charge in [-0.15, -0.1) is 6.42 Å². The summed E-state index contributed by atoms with van der Waals surface area (Å²) in [5.41, 5.74) is -0.863. The first-order valence-corrected chi connectivity index (χ1v) is 6.67. The third kappa shape index (κ3) is 8.99. The van der Waals surface area contributed by atoms with Gasteiger partial charge in [-0.25, -0.2) is 0 Å². The minimum atomic E-state index is -0.863. The van der Waals surface area contributed by atoms with Gasteiger partial charge < -0.3 is 4.74 Å². The van der Waals surface area contributed by atoms with Gasteiger partial charge >= 0.3 is 5.97 Å². The van der Waals surface area contributed by atoms with Crippen LogP contribution >= 0.6 is 0 Å². The summed E-state index contributed by atoms with van der Waals surface area (Å²) in [5, 5.41) is 0. The third-order valence-electron chi connectivity index (χ3n) is 2.50. The van der Waals surface area contributed by atoms with Gasteiger partial charge in [-0.05, 0) is 96.2 Å². The maximum atomic E-state index is 11.6. The molecule has 1 atom stereocenters. The Bertz CT molecular complexity index is 955. The molecule has 1 unspecified atom stereocenters. The first kappa shape index (κ1) is 19.9. The van der Waals surface area contributed by atoms with Crippen LogP contribution in [0.1, 0.15) is 20.3 Å². The van der Waals surface area contributed by atoms with E-state index in [1.54, 1.807) is 6.92 Å². The molecule has 0 bridgehead atoms. The zero-order valence-corrected chi connectivity index (χ0v) is 13.6. The number of esters is 1. The Balaban J connectivity index is 4.70. The summed E-state index contributed by atoms with van der Waals surface area (Å²) in [6.07, 6.45) is 5.44. The Morgan fingerprint density at radius 2 is 1.21 bits per heavy atom. The molecule has 0 N–H and O–H groups in total. The van der Waals surface area contributed by atoms with Crippen LogP contribution in [0.3, 0.4) is 0 Å². The fraction of sp³-hybridized carbons (Fsp3) is 0.227. The van der Waals surface area contributed by atoms with Crippen molar-refractivity contribution in [1.82, 2.24) is 0 Å². The zero-order chi connectivity index (χ0) is 18.1. The molecule has 0 aromatic carbocycles. The lowest BCUT2D eigenvalue weighted by molar-refractivity contribution is -0.148. The Morgan fingerprint density at radius 1 is 0.833 bits per heavy atom. The van der Waals surface area contributed by atoms with Crippen LogP contribution in [0.5, 0.6) is 0 Å². The molecule has 2 nitrogen and oxygen atoms in total. The molecule has 0 aliphatic heterocycles. The molecule has 112 valence electrons. The third-order valence-corrected chi connectivity index (χ3v) is 2.50. The van der Waals surface area contributed by atoms with Crippen LogP contribution in [0.25, 0.3) is 0 Å². The van der Waals surface area contributed by atoms with Crippen molar-refractivity contribution < 1.29 is 9.53 Å². The molecule has 0 saturated heterocycles. The van der Waals surface area contributed by atoms with Crippen LogP contribution in [-0.2, 0) is 9.53 Å². The number of hydrogen-bond donors (Lipinski definition) is 0. The summed E-state index contributed by atoms with van der Waals surface area (Å²) < 4.78 is 4.70. The Kier molecular flexibility index (Phi) is 10.5. The first-order valence-electron chi connectivity index (χ1n) is 6.67. The molecule has 0 fully saturated rings. The van der Waals surface area contributed by atoms with Crippen LogP contribution in [0.15, 0.2) is 0 Å². The predicted octanol–water partition coefficient (Wildman–Crippen LogP) is 1.23. The zero-order valence-electron chi connectivity index (χ0n) is 13.6. The maximum absolute atomic E-state index is 11.6. The van der Waals surface area contributed by atoms with Crippen molar-refractivity contribution in [2.45, 2.75) is 20.3 Å². The number of methoxy groups -OCH3 is 1. The molecule has 0 rings (SSSR count). The van der Waals surface area contributed by atoms with E-state index in [0.717, 1.165) is 0 Å². The smallest absolute Gasteiger partial charge is 0.323 e. The number of carbonyl (C=O) groups is 1. The molecular weight excluding hydrogens is 296 g/mol. The van der Waals surface area contributed by atoms with E-state index < -0.39 is 5.41 Å². The molecule has 0 saturated carbocycles. The fourth-order valence-corrected chi connectivity index (χ4v) is 1.06. The topological polar surface area (TPSA) is 26.3 Å². The van der Waals surface area contributed by atoms with Gasteiger partial charge in [0.1, 0.15) is 5.41 Å². The summed E-state index contributed by atoms with van der Waals surface area (Å²) in [6.45, 7) is 3.55. The van der Waals surface area contributed by atoms with Crippen molar-refractivity contribution in [2.24, 2.45) is 5.41 Å². The van der Waals surface area contributed by atoms with E-state index in [2.05, 4.69) is 88.8 Å². The highest BCUT2D eigenvalue weighted by atomic mass is 16.5. The predicted molar refractivity (Wildman–Crippen MR) is 93.7 cm³/mol. The number of carbonyl (C=O) groups excluding carboxylic acids is 1. The fourth-order valence-electron chi connectivity index (χ4n) is 1.06. The van der Waals surface area contributed by atoms with E-state index in [4.69, 9.17) is 11.2 Å². The van der Waals surface area contributed by atoms with Gasteiger partial charge in [0.15, 0.2) is 0 Å². The quantitative estimate of drug-likeness (QED) is 0.567. The molecule has 0 aromatic rings. The average Bonchev–Trinajstić information content (AvgIpc) is 2.61. The van der Waals surface area contributed by atoms with Crippen molar-refractivity contribution in [1.29, 1.82) is 0 Å². The van der Waals surface area contributed by atoms with Crippen LogP contribution in [-0.4, -0.2) is 13.1 Å². The van der Waals surface area contributed by atoms with Crippen molar-refractivity contribution >= 4 is 5.97 Å². The number of ether oxygens (including phenoxy) is 1. The van der Waals surface area contributed by atoms with Gasteiger partial charge in [-0.3, -0.25) is 4.79 Å². The standard InChI is InChI=1S/C22H12O2/c1-5-7-8-9-10-11-12-13-14-15-16-17-18-19-20-22(3,6-2)21(23)24-4/h1H,6H2,2-4H3. The lowest BCUT2D eigenvalue weighted by Crippen LogP contribution is -2.26. The summed E-state index contributed by atoms with van der Waals surface area (Å²) in [4.78, 5) is 11.6. The highest BCUT2D eigenvalue weighted by molar-refractivity contribution is 5.80. The molecule has 0 aromatic heterocycles.